The number of rotatable bonds is 5. The van der Waals surface area contributed by atoms with Crippen molar-refractivity contribution >= 4 is 21.4 Å². The first-order valence-corrected chi connectivity index (χ1v) is 8.92. The van der Waals surface area contributed by atoms with Crippen LogP contribution in [0.2, 0.25) is 0 Å². The van der Waals surface area contributed by atoms with Gasteiger partial charge in [0.15, 0.2) is 0 Å². The fourth-order valence-electron chi connectivity index (χ4n) is 2.78. The summed E-state index contributed by atoms with van der Waals surface area (Å²) in [7, 11) is -3.34. The third-order valence-electron chi connectivity index (χ3n) is 4.16. The van der Waals surface area contributed by atoms with E-state index in [4.69, 9.17) is 0 Å². The van der Waals surface area contributed by atoms with Crippen molar-refractivity contribution in [2.45, 2.75) is 37.5 Å². The Hall–Kier alpha value is -1.67. The SMILES string of the molecule is Cc1ccc(N2CC[C@H](S(=O)(=O)NC3CC3)C2)c([N+](=O)[O-])c1. The molecule has 0 bridgehead atoms. The van der Waals surface area contributed by atoms with E-state index < -0.39 is 20.2 Å². The third kappa shape index (κ3) is 3.07. The second-order valence-electron chi connectivity index (χ2n) is 6.04. The Morgan fingerprint density at radius 2 is 2.05 bits per heavy atom. The van der Waals surface area contributed by atoms with Crippen LogP contribution in [0, 0.1) is 17.0 Å². The molecule has 1 heterocycles. The minimum Gasteiger partial charge on any atom is -0.365 e. The molecule has 2 fully saturated rings. The number of nitrogens with zero attached hydrogens (tertiary/aromatic N) is 2. The zero-order chi connectivity index (χ0) is 15.9. The summed E-state index contributed by atoms with van der Waals surface area (Å²) in [4.78, 5) is 12.6. The molecule has 8 heteroatoms. The van der Waals surface area contributed by atoms with Gasteiger partial charge < -0.3 is 4.90 Å². The maximum absolute atomic E-state index is 12.3. The molecule has 1 saturated carbocycles. The molecule has 1 N–H and O–H groups in total. The van der Waals surface area contributed by atoms with Gasteiger partial charge in [0, 0.05) is 25.2 Å². The summed E-state index contributed by atoms with van der Waals surface area (Å²) in [5, 5.41) is 10.7. The monoisotopic (exact) mass is 325 g/mol. The molecule has 3 rings (SSSR count). The van der Waals surface area contributed by atoms with Gasteiger partial charge in [-0.15, -0.1) is 0 Å². The average Bonchev–Trinajstić information content (AvgIpc) is 3.10. The van der Waals surface area contributed by atoms with Gasteiger partial charge in [0.05, 0.1) is 10.2 Å². The highest BCUT2D eigenvalue weighted by atomic mass is 32.2. The Morgan fingerprint density at radius 1 is 1.32 bits per heavy atom. The van der Waals surface area contributed by atoms with Crippen molar-refractivity contribution in [2.24, 2.45) is 0 Å². The summed E-state index contributed by atoms with van der Waals surface area (Å²) in [6, 6.07) is 5.14. The number of anilines is 1. The van der Waals surface area contributed by atoms with Gasteiger partial charge in [-0.05, 0) is 37.8 Å². The lowest BCUT2D eigenvalue weighted by atomic mass is 10.2. The van der Waals surface area contributed by atoms with Crippen molar-refractivity contribution in [2.75, 3.05) is 18.0 Å². The number of nitro benzene ring substituents is 1. The summed E-state index contributed by atoms with van der Waals surface area (Å²) in [6.07, 6.45) is 2.30. The molecule has 0 aromatic heterocycles. The molecule has 2 aliphatic rings. The molecule has 120 valence electrons. The predicted octanol–water partition coefficient (Wildman–Crippen LogP) is 1.56. The van der Waals surface area contributed by atoms with E-state index in [1.165, 1.54) is 6.07 Å². The van der Waals surface area contributed by atoms with Crippen molar-refractivity contribution < 1.29 is 13.3 Å². The van der Waals surface area contributed by atoms with Crippen LogP contribution in [0.1, 0.15) is 24.8 Å². The minimum absolute atomic E-state index is 0.0354. The highest BCUT2D eigenvalue weighted by Gasteiger charge is 2.38. The normalized spacial score (nSPS) is 22.0. The molecule has 0 spiro atoms. The molecular weight excluding hydrogens is 306 g/mol. The molecule has 22 heavy (non-hydrogen) atoms. The zero-order valence-corrected chi connectivity index (χ0v) is 13.2. The first-order chi connectivity index (χ1) is 10.4. The third-order valence-corrected chi connectivity index (χ3v) is 6.08. The summed E-state index contributed by atoms with van der Waals surface area (Å²) in [5.74, 6) is 0. The van der Waals surface area contributed by atoms with Crippen LogP contribution in [-0.2, 0) is 10.0 Å². The first kappa shape index (κ1) is 15.2. The molecule has 1 aromatic carbocycles. The minimum atomic E-state index is -3.34. The van der Waals surface area contributed by atoms with E-state index in [9.17, 15) is 18.5 Å². The van der Waals surface area contributed by atoms with Crippen LogP contribution >= 0.6 is 0 Å². The molecule has 1 aliphatic carbocycles. The standard InChI is InChI=1S/C14H19N3O4S/c1-10-2-5-13(14(8-10)17(18)19)16-7-6-12(9-16)22(20,21)15-11-3-4-11/h2,5,8,11-12,15H,3-4,6-7,9H2,1H3/t12-/m0/s1. The first-order valence-electron chi connectivity index (χ1n) is 7.38. The van der Waals surface area contributed by atoms with Crippen LogP contribution in [0.3, 0.4) is 0 Å². The van der Waals surface area contributed by atoms with Crippen molar-refractivity contribution in [1.29, 1.82) is 0 Å². The van der Waals surface area contributed by atoms with Crippen molar-refractivity contribution in [1.82, 2.24) is 4.72 Å². The van der Waals surface area contributed by atoms with Gasteiger partial charge in [0.1, 0.15) is 5.69 Å². The fourth-order valence-corrected chi connectivity index (χ4v) is 4.46. The topological polar surface area (TPSA) is 92.6 Å². The molecule has 0 unspecified atom stereocenters. The highest BCUT2D eigenvalue weighted by molar-refractivity contribution is 7.90. The van der Waals surface area contributed by atoms with Crippen LogP contribution in [0.15, 0.2) is 18.2 Å². The van der Waals surface area contributed by atoms with Gasteiger partial charge in [-0.2, -0.15) is 0 Å². The van der Waals surface area contributed by atoms with Gasteiger partial charge in [-0.1, -0.05) is 6.07 Å². The fraction of sp³-hybridized carbons (Fsp3) is 0.571. The molecule has 1 atom stereocenters. The van der Waals surface area contributed by atoms with Crippen LogP contribution < -0.4 is 9.62 Å². The number of hydrogen-bond acceptors (Lipinski definition) is 5. The number of aryl methyl sites for hydroxylation is 1. The number of nitro groups is 1. The number of hydrogen-bond donors (Lipinski definition) is 1. The van der Waals surface area contributed by atoms with E-state index in [0.717, 1.165) is 18.4 Å². The maximum Gasteiger partial charge on any atom is 0.292 e. The van der Waals surface area contributed by atoms with E-state index in [2.05, 4.69) is 4.72 Å². The summed E-state index contributed by atoms with van der Waals surface area (Å²) in [6.45, 7) is 2.61. The van der Waals surface area contributed by atoms with Crippen molar-refractivity contribution in [3.8, 4) is 0 Å². The van der Waals surface area contributed by atoms with Gasteiger partial charge in [0.25, 0.3) is 5.69 Å². The quantitative estimate of drug-likeness (QED) is 0.655. The van der Waals surface area contributed by atoms with Crippen LogP contribution in [0.5, 0.6) is 0 Å². The lowest BCUT2D eigenvalue weighted by Crippen LogP contribution is -2.37. The largest absolute Gasteiger partial charge is 0.365 e. The maximum atomic E-state index is 12.3. The predicted molar refractivity (Wildman–Crippen MR) is 83.5 cm³/mol. The molecule has 1 aromatic rings. The Labute approximate surface area is 129 Å². The molecule has 7 nitrogen and oxygen atoms in total. The van der Waals surface area contributed by atoms with Crippen LogP contribution in [0.4, 0.5) is 11.4 Å². The molecule has 0 radical (unpaired) electrons. The summed E-state index contributed by atoms with van der Waals surface area (Å²) < 4.78 is 27.2. The lowest BCUT2D eigenvalue weighted by molar-refractivity contribution is -0.384. The van der Waals surface area contributed by atoms with E-state index >= 15 is 0 Å². The van der Waals surface area contributed by atoms with Crippen molar-refractivity contribution in [3.05, 3.63) is 33.9 Å². The highest BCUT2D eigenvalue weighted by Crippen LogP contribution is 2.33. The van der Waals surface area contributed by atoms with E-state index in [-0.39, 0.29) is 11.7 Å². The summed E-state index contributed by atoms with van der Waals surface area (Å²) in [5.41, 5.74) is 1.35. The summed E-state index contributed by atoms with van der Waals surface area (Å²) >= 11 is 0. The Balaban J connectivity index is 1.79. The van der Waals surface area contributed by atoms with E-state index in [0.29, 0.717) is 25.2 Å². The number of nitrogens with one attached hydrogen (secondary N) is 1. The van der Waals surface area contributed by atoms with Crippen molar-refractivity contribution in [3.63, 3.8) is 0 Å². The van der Waals surface area contributed by atoms with Gasteiger partial charge in [-0.3, -0.25) is 10.1 Å². The second-order valence-corrected chi connectivity index (χ2v) is 8.04. The number of sulfonamides is 1. The van der Waals surface area contributed by atoms with Gasteiger partial charge in [0.2, 0.25) is 10.0 Å². The Kier molecular flexibility index (Phi) is 3.82. The van der Waals surface area contributed by atoms with Crippen LogP contribution in [-0.4, -0.2) is 37.7 Å². The van der Waals surface area contributed by atoms with E-state index in [1.807, 2.05) is 6.07 Å². The average molecular weight is 325 g/mol. The molecule has 0 amide bonds. The Bertz CT molecular complexity index is 700. The Morgan fingerprint density at radius 3 is 2.68 bits per heavy atom. The smallest absolute Gasteiger partial charge is 0.292 e. The lowest BCUT2D eigenvalue weighted by Gasteiger charge is -2.19. The van der Waals surface area contributed by atoms with Crippen LogP contribution in [0.25, 0.3) is 0 Å². The van der Waals surface area contributed by atoms with Gasteiger partial charge in [-0.25, -0.2) is 13.1 Å². The van der Waals surface area contributed by atoms with Gasteiger partial charge >= 0.3 is 0 Å². The second kappa shape index (κ2) is 5.51. The molecule has 1 saturated heterocycles. The molecule has 1 aliphatic heterocycles. The molecular formula is C14H19N3O4S. The zero-order valence-electron chi connectivity index (χ0n) is 12.4. The number of benzene rings is 1. The van der Waals surface area contributed by atoms with E-state index in [1.54, 1.807) is 17.9 Å².